The molecule has 11 rings (SSSR count). The van der Waals surface area contributed by atoms with E-state index in [4.69, 9.17) is 15.0 Å². The van der Waals surface area contributed by atoms with Crippen LogP contribution >= 0.6 is 11.3 Å². The van der Waals surface area contributed by atoms with Crippen molar-refractivity contribution < 1.29 is 0 Å². The molecule has 262 valence electrons. The van der Waals surface area contributed by atoms with Crippen molar-refractivity contribution in [1.29, 1.82) is 0 Å². The fourth-order valence-corrected chi connectivity index (χ4v) is 9.21. The van der Waals surface area contributed by atoms with E-state index < -0.39 is 0 Å². The van der Waals surface area contributed by atoms with Crippen molar-refractivity contribution in [1.82, 2.24) is 19.5 Å². The van der Waals surface area contributed by atoms with E-state index in [2.05, 4.69) is 180 Å². The van der Waals surface area contributed by atoms with Gasteiger partial charge in [-0.2, -0.15) is 9.97 Å². The highest BCUT2D eigenvalue weighted by atomic mass is 32.1. The molecule has 0 fully saturated rings. The van der Waals surface area contributed by atoms with Crippen LogP contribution in [0.25, 0.3) is 104 Å². The number of thiophene rings is 1. The van der Waals surface area contributed by atoms with E-state index in [1.54, 1.807) is 0 Å². The average molecular weight is 733 g/mol. The van der Waals surface area contributed by atoms with Gasteiger partial charge in [0.2, 0.25) is 5.95 Å². The van der Waals surface area contributed by atoms with Crippen molar-refractivity contribution in [3.8, 4) is 62.1 Å². The first-order valence-electron chi connectivity index (χ1n) is 18.8. The first kappa shape index (κ1) is 32.2. The number of aromatic nitrogens is 4. The van der Waals surface area contributed by atoms with E-state index in [1.165, 1.54) is 48.0 Å². The molecule has 8 aromatic carbocycles. The zero-order valence-corrected chi connectivity index (χ0v) is 31.0. The summed E-state index contributed by atoms with van der Waals surface area (Å²) in [4.78, 5) is 15.4. The van der Waals surface area contributed by atoms with Crippen LogP contribution in [-0.2, 0) is 0 Å². The fourth-order valence-electron chi connectivity index (χ4n) is 7.99. The van der Waals surface area contributed by atoms with Gasteiger partial charge in [0.1, 0.15) is 0 Å². The Kier molecular flexibility index (Phi) is 7.64. The van der Waals surface area contributed by atoms with E-state index in [-0.39, 0.29) is 0 Å². The standard InChI is InChI=1S/C51H32N4S/c1-3-14-33(15-4-1)35-18-11-19-36(30-35)37-28-29-47-44(32-37)43-25-13-24-40(48(43)56-47)38-20-12-21-39(31-38)50-52-49(34-16-5-2-6-17-34)53-51(54-50)55-45-26-9-7-22-41(45)42-23-8-10-27-46(42)55/h1-32H. The van der Waals surface area contributed by atoms with Gasteiger partial charge in [-0.15, -0.1) is 11.3 Å². The van der Waals surface area contributed by atoms with Gasteiger partial charge in [0.15, 0.2) is 11.6 Å². The van der Waals surface area contributed by atoms with Crippen LogP contribution in [0.3, 0.4) is 0 Å². The van der Waals surface area contributed by atoms with E-state index in [9.17, 15) is 0 Å². The van der Waals surface area contributed by atoms with E-state index in [1.807, 2.05) is 29.5 Å². The maximum absolute atomic E-state index is 5.21. The second kappa shape index (κ2) is 13.3. The molecule has 0 atom stereocenters. The van der Waals surface area contributed by atoms with Crippen LogP contribution < -0.4 is 0 Å². The predicted octanol–water partition coefficient (Wildman–Crippen LogP) is 13.7. The first-order chi connectivity index (χ1) is 27.7. The Labute approximate surface area is 327 Å². The van der Waals surface area contributed by atoms with Gasteiger partial charge in [-0.3, -0.25) is 4.57 Å². The number of para-hydroxylation sites is 2. The molecule has 0 aliphatic heterocycles. The number of nitrogens with zero attached hydrogens (tertiary/aromatic N) is 4. The van der Waals surface area contributed by atoms with Crippen LogP contribution in [0.1, 0.15) is 0 Å². The number of fused-ring (bicyclic) bond motifs is 6. The molecule has 0 radical (unpaired) electrons. The van der Waals surface area contributed by atoms with Gasteiger partial charge in [-0.05, 0) is 69.8 Å². The lowest BCUT2D eigenvalue weighted by Crippen LogP contribution is -2.06. The minimum atomic E-state index is 0.591. The third-order valence-corrected chi connectivity index (χ3v) is 11.9. The van der Waals surface area contributed by atoms with Gasteiger partial charge in [0.25, 0.3) is 0 Å². The number of benzene rings is 8. The number of hydrogen-bond donors (Lipinski definition) is 0. The SMILES string of the molecule is c1ccc(-c2cccc(-c3ccc4sc5c(-c6cccc(-c7nc(-c8ccccc8)nc(-n8c9ccccc9c9ccccc98)n7)c6)cccc5c4c3)c2)cc1. The second-order valence-electron chi connectivity index (χ2n) is 14.0. The molecule has 0 aliphatic rings. The molecular weight excluding hydrogens is 701 g/mol. The zero-order valence-electron chi connectivity index (χ0n) is 30.2. The zero-order chi connectivity index (χ0) is 37.0. The molecule has 0 unspecified atom stereocenters. The highest BCUT2D eigenvalue weighted by Crippen LogP contribution is 2.42. The van der Waals surface area contributed by atoms with Crippen molar-refractivity contribution in [2.75, 3.05) is 0 Å². The molecular formula is C51H32N4S. The molecule has 0 aliphatic carbocycles. The summed E-state index contributed by atoms with van der Waals surface area (Å²) in [7, 11) is 0. The van der Waals surface area contributed by atoms with Gasteiger partial charge in [-0.1, -0.05) is 158 Å². The molecule has 0 amide bonds. The third-order valence-electron chi connectivity index (χ3n) is 10.7. The molecule has 3 heterocycles. The minimum absolute atomic E-state index is 0.591. The molecule has 0 saturated carbocycles. The summed E-state index contributed by atoms with van der Waals surface area (Å²) in [6.45, 7) is 0. The summed E-state index contributed by atoms with van der Waals surface area (Å²) in [5.74, 6) is 1.85. The minimum Gasteiger partial charge on any atom is -0.278 e. The highest BCUT2D eigenvalue weighted by molar-refractivity contribution is 7.26. The molecule has 5 heteroatoms. The quantitative estimate of drug-likeness (QED) is 0.171. The van der Waals surface area contributed by atoms with Gasteiger partial charge >= 0.3 is 0 Å². The van der Waals surface area contributed by atoms with Gasteiger partial charge in [0.05, 0.1) is 11.0 Å². The lowest BCUT2D eigenvalue weighted by Gasteiger charge is -2.12. The topological polar surface area (TPSA) is 43.6 Å². The summed E-state index contributed by atoms with van der Waals surface area (Å²) in [5.41, 5.74) is 11.2. The lowest BCUT2D eigenvalue weighted by atomic mass is 9.97. The Morgan fingerprint density at radius 3 is 1.59 bits per heavy atom. The normalized spacial score (nSPS) is 11.6. The van der Waals surface area contributed by atoms with Crippen LogP contribution in [-0.4, -0.2) is 19.5 Å². The molecule has 0 spiro atoms. The van der Waals surface area contributed by atoms with Gasteiger partial charge in [-0.25, -0.2) is 4.98 Å². The van der Waals surface area contributed by atoms with Crippen molar-refractivity contribution in [3.05, 3.63) is 194 Å². The largest absolute Gasteiger partial charge is 0.278 e. The smallest absolute Gasteiger partial charge is 0.238 e. The number of rotatable bonds is 6. The van der Waals surface area contributed by atoms with E-state index >= 15 is 0 Å². The Morgan fingerprint density at radius 2 is 0.857 bits per heavy atom. The molecule has 0 saturated heterocycles. The maximum Gasteiger partial charge on any atom is 0.238 e. The molecule has 0 N–H and O–H groups in total. The van der Waals surface area contributed by atoms with Crippen LogP contribution in [0.15, 0.2) is 194 Å². The van der Waals surface area contributed by atoms with E-state index in [0.717, 1.165) is 38.5 Å². The van der Waals surface area contributed by atoms with Crippen molar-refractivity contribution in [2.24, 2.45) is 0 Å². The molecule has 4 nitrogen and oxygen atoms in total. The monoisotopic (exact) mass is 732 g/mol. The Balaban J connectivity index is 1.04. The summed E-state index contributed by atoms with van der Waals surface area (Å²) in [6.07, 6.45) is 0. The van der Waals surface area contributed by atoms with E-state index in [0.29, 0.717) is 17.6 Å². The van der Waals surface area contributed by atoms with Gasteiger partial charge < -0.3 is 0 Å². The summed E-state index contributed by atoms with van der Waals surface area (Å²) < 4.78 is 4.70. The van der Waals surface area contributed by atoms with Crippen LogP contribution in [0, 0.1) is 0 Å². The maximum atomic E-state index is 5.21. The van der Waals surface area contributed by atoms with Crippen LogP contribution in [0.4, 0.5) is 0 Å². The Morgan fingerprint density at radius 1 is 0.339 bits per heavy atom. The van der Waals surface area contributed by atoms with Gasteiger partial charge in [0, 0.05) is 42.1 Å². The molecule has 3 aromatic heterocycles. The molecule has 0 bridgehead atoms. The fraction of sp³-hybridized carbons (Fsp3) is 0. The first-order valence-corrected chi connectivity index (χ1v) is 19.6. The highest BCUT2D eigenvalue weighted by Gasteiger charge is 2.18. The predicted molar refractivity (Wildman–Crippen MR) is 234 cm³/mol. The Hall–Kier alpha value is -7.21. The average Bonchev–Trinajstić information content (AvgIpc) is 3.83. The number of hydrogen-bond acceptors (Lipinski definition) is 4. The lowest BCUT2D eigenvalue weighted by molar-refractivity contribution is 0.953. The van der Waals surface area contributed by atoms with Crippen molar-refractivity contribution in [2.45, 2.75) is 0 Å². The molecule has 56 heavy (non-hydrogen) atoms. The van der Waals surface area contributed by atoms with Crippen LogP contribution in [0.2, 0.25) is 0 Å². The molecule has 11 aromatic rings. The summed E-state index contributed by atoms with van der Waals surface area (Å²) in [5, 5.41) is 4.86. The van der Waals surface area contributed by atoms with Crippen molar-refractivity contribution in [3.63, 3.8) is 0 Å². The summed E-state index contributed by atoms with van der Waals surface area (Å²) >= 11 is 1.85. The van der Waals surface area contributed by atoms with Crippen LogP contribution in [0.5, 0.6) is 0 Å². The second-order valence-corrected chi connectivity index (χ2v) is 15.1. The summed E-state index contributed by atoms with van der Waals surface area (Å²) in [6, 6.07) is 68.6. The van der Waals surface area contributed by atoms with Crippen molar-refractivity contribution >= 4 is 53.3 Å². The Bertz CT molecular complexity index is 3200. The third kappa shape index (κ3) is 5.48.